The van der Waals surface area contributed by atoms with Gasteiger partial charge in [0.15, 0.2) is 0 Å². The number of aromatic nitrogens is 2. The first-order valence-corrected chi connectivity index (χ1v) is 7.49. The van der Waals surface area contributed by atoms with Gasteiger partial charge in [0, 0.05) is 26.8 Å². The van der Waals surface area contributed by atoms with Crippen LogP contribution in [0.2, 0.25) is 0 Å². The Hall–Kier alpha value is -1.40. The number of nitrogens with one attached hydrogen (secondary N) is 2. The summed E-state index contributed by atoms with van der Waals surface area (Å²) < 4.78 is 5.38. The van der Waals surface area contributed by atoms with Gasteiger partial charge in [-0.15, -0.1) is 11.3 Å². The second-order valence-electron chi connectivity index (χ2n) is 4.72. The highest BCUT2D eigenvalue weighted by molar-refractivity contribution is 7.16. The molecular weight excluding hydrogens is 260 g/mol. The second kappa shape index (κ2) is 5.71. The van der Waals surface area contributed by atoms with E-state index < -0.39 is 0 Å². The zero-order chi connectivity index (χ0) is 13.1. The molecule has 1 fully saturated rings. The Labute approximate surface area is 116 Å². The monoisotopic (exact) mass is 278 g/mol. The highest BCUT2D eigenvalue weighted by atomic mass is 32.1. The van der Waals surface area contributed by atoms with E-state index in [-0.39, 0.29) is 0 Å². The molecule has 102 valence electrons. The minimum Gasteiger partial charge on any atom is -0.381 e. The van der Waals surface area contributed by atoms with E-state index in [9.17, 15) is 0 Å². The number of fused-ring (bicyclic) bond motifs is 1. The van der Waals surface area contributed by atoms with E-state index in [2.05, 4.69) is 32.0 Å². The van der Waals surface area contributed by atoms with Crippen molar-refractivity contribution in [3.8, 4) is 0 Å². The van der Waals surface area contributed by atoms with Crippen molar-refractivity contribution in [1.29, 1.82) is 0 Å². The summed E-state index contributed by atoms with van der Waals surface area (Å²) in [6, 6.07) is 2.08. The quantitative estimate of drug-likeness (QED) is 0.900. The molecule has 0 spiro atoms. The average Bonchev–Trinajstić information content (AvgIpc) is 2.94. The molecule has 3 heterocycles. The minimum absolute atomic E-state index is 0.671. The van der Waals surface area contributed by atoms with E-state index in [4.69, 9.17) is 4.74 Å². The molecule has 0 aromatic carbocycles. The van der Waals surface area contributed by atoms with E-state index in [1.165, 1.54) is 0 Å². The van der Waals surface area contributed by atoms with Crippen molar-refractivity contribution in [2.24, 2.45) is 5.92 Å². The van der Waals surface area contributed by atoms with Gasteiger partial charge in [-0.3, -0.25) is 0 Å². The molecule has 19 heavy (non-hydrogen) atoms. The molecule has 0 aliphatic carbocycles. The van der Waals surface area contributed by atoms with Crippen LogP contribution in [0.3, 0.4) is 0 Å². The molecular formula is C13H18N4OS. The molecule has 1 aliphatic heterocycles. The molecule has 1 aliphatic rings. The summed E-state index contributed by atoms with van der Waals surface area (Å²) in [5, 5.41) is 9.65. The van der Waals surface area contributed by atoms with Crippen LogP contribution in [0.1, 0.15) is 12.8 Å². The number of hydrogen-bond donors (Lipinski definition) is 2. The molecule has 1 saturated heterocycles. The summed E-state index contributed by atoms with van der Waals surface area (Å²) in [6.45, 7) is 2.71. The van der Waals surface area contributed by atoms with Gasteiger partial charge in [-0.1, -0.05) is 0 Å². The molecule has 0 radical (unpaired) electrons. The fraction of sp³-hybridized carbons (Fsp3) is 0.538. The van der Waals surface area contributed by atoms with Crippen molar-refractivity contribution in [3.05, 3.63) is 11.4 Å². The number of ether oxygens (including phenoxy) is 1. The number of hydrogen-bond acceptors (Lipinski definition) is 6. The Morgan fingerprint density at radius 3 is 3.00 bits per heavy atom. The van der Waals surface area contributed by atoms with E-state index in [0.717, 1.165) is 48.6 Å². The molecule has 6 heteroatoms. The van der Waals surface area contributed by atoms with Crippen molar-refractivity contribution < 1.29 is 4.74 Å². The third-order valence-corrected chi connectivity index (χ3v) is 4.25. The lowest BCUT2D eigenvalue weighted by Gasteiger charge is -2.22. The predicted molar refractivity (Wildman–Crippen MR) is 79.0 cm³/mol. The summed E-state index contributed by atoms with van der Waals surface area (Å²) in [4.78, 5) is 9.99. The largest absolute Gasteiger partial charge is 0.381 e. The summed E-state index contributed by atoms with van der Waals surface area (Å²) in [6.07, 6.45) is 2.26. The van der Waals surface area contributed by atoms with Gasteiger partial charge in [0.2, 0.25) is 5.95 Å². The first-order chi connectivity index (χ1) is 9.36. The molecule has 2 aromatic heterocycles. The molecule has 0 atom stereocenters. The normalized spacial score (nSPS) is 16.7. The average molecular weight is 278 g/mol. The molecule has 5 nitrogen and oxygen atoms in total. The van der Waals surface area contributed by atoms with Gasteiger partial charge in [-0.25, -0.2) is 4.98 Å². The lowest BCUT2D eigenvalue weighted by atomic mass is 10.0. The Bertz CT molecular complexity index is 551. The lowest BCUT2D eigenvalue weighted by Crippen LogP contribution is -2.23. The molecule has 0 bridgehead atoms. The zero-order valence-electron chi connectivity index (χ0n) is 11.0. The Balaban J connectivity index is 1.77. The van der Waals surface area contributed by atoms with Gasteiger partial charge in [0.25, 0.3) is 0 Å². The number of anilines is 2. The van der Waals surface area contributed by atoms with E-state index in [1.807, 2.05) is 7.05 Å². The van der Waals surface area contributed by atoms with Crippen molar-refractivity contribution in [1.82, 2.24) is 9.97 Å². The summed E-state index contributed by atoms with van der Waals surface area (Å²) in [5.41, 5.74) is 0. The van der Waals surface area contributed by atoms with Crippen LogP contribution in [-0.2, 0) is 4.74 Å². The Morgan fingerprint density at radius 2 is 2.21 bits per heavy atom. The summed E-state index contributed by atoms with van der Waals surface area (Å²) in [7, 11) is 1.84. The standard InChI is InChI=1S/C13H18N4OS/c1-14-13-16-11(10-4-7-19-12(10)17-13)15-8-9-2-5-18-6-3-9/h4,7,9H,2-3,5-6,8H2,1H3,(H2,14,15,16,17). The molecule has 0 unspecified atom stereocenters. The SMILES string of the molecule is CNc1nc(NCC2CCOCC2)c2ccsc2n1. The highest BCUT2D eigenvalue weighted by Gasteiger charge is 2.15. The molecule has 0 saturated carbocycles. The first kappa shape index (κ1) is 12.6. The van der Waals surface area contributed by atoms with Crippen LogP contribution in [0, 0.1) is 5.92 Å². The van der Waals surface area contributed by atoms with E-state index in [1.54, 1.807) is 11.3 Å². The second-order valence-corrected chi connectivity index (χ2v) is 5.62. The van der Waals surface area contributed by atoms with Crippen LogP contribution in [0.5, 0.6) is 0 Å². The Morgan fingerprint density at radius 1 is 1.37 bits per heavy atom. The van der Waals surface area contributed by atoms with Crippen LogP contribution >= 0.6 is 11.3 Å². The van der Waals surface area contributed by atoms with Gasteiger partial charge in [0.1, 0.15) is 10.6 Å². The first-order valence-electron chi connectivity index (χ1n) is 6.61. The molecule has 2 N–H and O–H groups in total. The number of thiophene rings is 1. The van der Waals surface area contributed by atoms with Crippen molar-refractivity contribution in [2.75, 3.05) is 37.4 Å². The van der Waals surface area contributed by atoms with Crippen LogP contribution in [0.25, 0.3) is 10.2 Å². The lowest BCUT2D eigenvalue weighted by molar-refractivity contribution is 0.0699. The number of rotatable bonds is 4. The fourth-order valence-corrected chi connectivity index (χ4v) is 3.06. The topological polar surface area (TPSA) is 59.1 Å². The van der Waals surface area contributed by atoms with Crippen LogP contribution in [-0.4, -0.2) is 36.8 Å². The van der Waals surface area contributed by atoms with Gasteiger partial charge < -0.3 is 15.4 Å². The minimum atomic E-state index is 0.671. The predicted octanol–water partition coefficient (Wildman–Crippen LogP) is 2.57. The molecule has 0 amide bonds. The number of nitrogens with zero attached hydrogens (tertiary/aromatic N) is 2. The molecule has 2 aromatic rings. The fourth-order valence-electron chi connectivity index (χ4n) is 2.29. The highest BCUT2D eigenvalue weighted by Crippen LogP contribution is 2.27. The molecule has 3 rings (SSSR count). The van der Waals surface area contributed by atoms with Gasteiger partial charge in [-0.05, 0) is 30.2 Å². The van der Waals surface area contributed by atoms with Gasteiger partial charge in [0.05, 0.1) is 5.39 Å². The van der Waals surface area contributed by atoms with Gasteiger partial charge >= 0.3 is 0 Å². The summed E-state index contributed by atoms with van der Waals surface area (Å²) in [5.74, 6) is 2.28. The zero-order valence-corrected chi connectivity index (χ0v) is 11.8. The van der Waals surface area contributed by atoms with Crippen LogP contribution in [0.4, 0.5) is 11.8 Å². The third-order valence-electron chi connectivity index (χ3n) is 3.45. The van der Waals surface area contributed by atoms with Crippen LogP contribution in [0.15, 0.2) is 11.4 Å². The maximum Gasteiger partial charge on any atom is 0.225 e. The maximum absolute atomic E-state index is 5.38. The summed E-state index contributed by atoms with van der Waals surface area (Å²) >= 11 is 1.64. The third kappa shape index (κ3) is 2.79. The van der Waals surface area contributed by atoms with Crippen molar-refractivity contribution in [3.63, 3.8) is 0 Å². The van der Waals surface area contributed by atoms with Crippen molar-refractivity contribution in [2.45, 2.75) is 12.8 Å². The van der Waals surface area contributed by atoms with Crippen LogP contribution < -0.4 is 10.6 Å². The van der Waals surface area contributed by atoms with E-state index >= 15 is 0 Å². The van der Waals surface area contributed by atoms with E-state index in [0.29, 0.717) is 11.9 Å². The van der Waals surface area contributed by atoms with Gasteiger partial charge in [-0.2, -0.15) is 4.98 Å². The Kier molecular flexibility index (Phi) is 3.79. The smallest absolute Gasteiger partial charge is 0.225 e. The maximum atomic E-state index is 5.38. The van der Waals surface area contributed by atoms with Crippen molar-refractivity contribution >= 4 is 33.3 Å².